The normalized spacial score (nSPS) is 26.4. The Kier molecular flexibility index (Phi) is 3.20. The Labute approximate surface area is 116 Å². The zero-order valence-electron chi connectivity index (χ0n) is 9.90. The first kappa shape index (κ1) is 12.2. The minimum atomic E-state index is -0.0151. The molecule has 1 aromatic rings. The maximum atomic E-state index is 12.4. The molecule has 1 saturated carbocycles. The van der Waals surface area contributed by atoms with Gasteiger partial charge in [0.1, 0.15) is 5.15 Å². The molecular weight excluding hydrogens is 271 g/mol. The van der Waals surface area contributed by atoms with Crippen LogP contribution in [0.4, 0.5) is 0 Å². The maximum Gasteiger partial charge on any atom is 0.255 e. The second kappa shape index (κ2) is 4.71. The van der Waals surface area contributed by atoms with Gasteiger partial charge in [0.25, 0.3) is 5.91 Å². The van der Waals surface area contributed by atoms with Crippen LogP contribution in [0.1, 0.15) is 29.6 Å². The van der Waals surface area contributed by atoms with Crippen molar-refractivity contribution in [1.29, 1.82) is 0 Å². The molecule has 0 spiro atoms. The Morgan fingerprint density at radius 2 is 1.94 bits per heavy atom. The lowest BCUT2D eigenvalue weighted by Gasteiger charge is -2.18. The summed E-state index contributed by atoms with van der Waals surface area (Å²) in [4.78, 5) is 18.2. The first-order valence-electron chi connectivity index (χ1n) is 6.25. The van der Waals surface area contributed by atoms with Crippen LogP contribution in [0.5, 0.6) is 0 Å². The number of hydrogen-bond acceptors (Lipinski definition) is 2. The van der Waals surface area contributed by atoms with Crippen molar-refractivity contribution >= 4 is 29.1 Å². The fourth-order valence-electron chi connectivity index (χ4n) is 3.15. The van der Waals surface area contributed by atoms with E-state index in [1.54, 1.807) is 6.07 Å². The van der Waals surface area contributed by atoms with Gasteiger partial charge in [-0.25, -0.2) is 4.98 Å². The van der Waals surface area contributed by atoms with Gasteiger partial charge in [-0.3, -0.25) is 4.79 Å². The Bertz CT molecular complexity index is 480. The van der Waals surface area contributed by atoms with Crippen molar-refractivity contribution in [2.45, 2.75) is 19.3 Å². The summed E-state index contributed by atoms with van der Waals surface area (Å²) in [6.45, 7) is 1.72. The van der Waals surface area contributed by atoms with Gasteiger partial charge in [-0.15, -0.1) is 0 Å². The van der Waals surface area contributed by atoms with Crippen LogP contribution >= 0.6 is 23.2 Å². The molecule has 1 aliphatic heterocycles. The van der Waals surface area contributed by atoms with Crippen LogP contribution < -0.4 is 0 Å². The highest BCUT2D eigenvalue weighted by Crippen LogP contribution is 2.38. The largest absolute Gasteiger partial charge is 0.338 e. The van der Waals surface area contributed by atoms with Crippen LogP contribution in [0, 0.1) is 11.8 Å². The predicted octanol–water partition coefficient (Wildman–Crippen LogP) is 3.26. The summed E-state index contributed by atoms with van der Waals surface area (Å²) >= 11 is 11.8. The lowest BCUT2D eigenvalue weighted by molar-refractivity contribution is 0.0780. The van der Waals surface area contributed by atoms with Gasteiger partial charge in [0.2, 0.25) is 0 Å². The van der Waals surface area contributed by atoms with Gasteiger partial charge in [-0.1, -0.05) is 29.6 Å². The summed E-state index contributed by atoms with van der Waals surface area (Å²) in [7, 11) is 0. The van der Waals surface area contributed by atoms with Crippen molar-refractivity contribution in [3.05, 3.63) is 28.0 Å². The quantitative estimate of drug-likeness (QED) is 0.742. The van der Waals surface area contributed by atoms with Gasteiger partial charge in [-0.2, -0.15) is 0 Å². The van der Waals surface area contributed by atoms with Gasteiger partial charge in [0.15, 0.2) is 0 Å². The standard InChI is InChI=1S/C13H14Cl2N2O/c14-11-5-16-12(15)4-10(11)13(18)17-6-8-2-1-3-9(8)7-17/h4-5,8-9H,1-3,6-7H2. The third kappa shape index (κ3) is 2.10. The Morgan fingerprint density at radius 1 is 1.28 bits per heavy atom. The second-order valence-electron chi connectivity index (χ2n) is 5.15. The molecule has 18 heavy (non-hydrogen) atoms. The van der Waals surface area contributed by atoms with E-state index in [0.717, 1.165) is 13.1 Å². The lowest BCUT2D eigenvalue weighted by Crippen LogP contribution is -2.29. The molecule has 1 aromatic heterocycles. The molecule has 0 N–H and O–H groups in total. The second-order valence-corrected chi connectivity index (χ2v) is 5.94. The first-order chi connectivity index (χ1) is 8.65. The number of likely N-dealkylation sites (tertiary alicyclic amines) is 1. The molecule has 2 atom stereocenters. The Hall–Kier alpha value is -0.800. The van der Waals surface area contributed by atoms with Crippen molar-refractivity contribution in [2.24, 2.45) is 11.8 Å². The molecule has 2 fully saturated rings. The number of nitrogens with zero attached hydrogens (tertiary/aromatic N) is 2. The molecule has 0 radical (unpaired) electrons. The Balaban J connectivity index is 1.81. The van der Waals surface area contributed by atoms with Crippen molar-refractivity contribution < 1.29 is 4.79 Å². The summed E-state index contributed by atoms with van der Waals surface area (Å²) in [5.41, 5.74) is 0.469. The van der Waals surface area contributed by atoms with E-state index in [0.29, 0.717) is 27.6 Å². The zero-order valence-corrected chi connectivity index (χ0v) is 11.4. The van der Waals surface area contributed by atoms with Crippen LogP contribution in [0.2, 0.25) is 10.2 Å². The monoisotopic (exact) mass is 284 g/mol. The summed E-state index contributed by atoms with van der Waals surface area (Å²) in [6.07, 6.45) is 5.24. The number of rotatable bonds is 1. The van der Waals surface area contributed by atoms with Crippen LogP contribution in [0.3, 0.4) is 0 Å². The number of carbonyl (C=O) groups excluding carboxylic acids is 1. The molecule has 1 amide bonds. The van der Waals surface area contributed by atoms with Gasteiger partial charge in [0.05, 0.1) is 10.6 Å². The number of hydrogen-bond donors (Lipinski definition) is 0. The molecule has 96 valence electrons. The molecule has 1 saturated heterocycles. The van der Waals surface area contributed by atoms with E-state index in [1.807, 2.05) is 4.90 Å². The molecule has 0 aromatic carbocycles. The highest BCUT2D eigenvalue weighted by molar-refractivity contribution is 6.35. The van der Waals surface area contributed by atoms with E-state index in [2.05, 4.69) is 4.98 Å². The fourth-order valence-corrected chi connectivity index (χ4v) is 3.49. The van der Waals surface area contributed by atoms with E-state index < -0.39 is 0 Å². The van der Waals surface area contributed by atoms with Crippen LogP contribution in [-0.4, -0.2) is 28.9 Å². The average Bonchev–Trinajstić information content (AvgIpc) is 2.91. The van der Waals surface area contributed by atoms with Gasteiger partial charge >= 0.3 is 0 Å². The maximum absolute atomic E-state index is 12.4. The van der Waals surface area contributed by atoms with E-state index in [4.69, 9.17) is 23.2 Å². The van der Waals surface area contributed by atoms with Crippen molar-refractivity contribution in [2.75, 3.05) is 13.1 Å². The molecule has 2 aliphatic rings. The highest BCUT2D eigenvalue weighted by atomic mass is 35.5. The van der Waals surface area contributed by atoms with Crippen molar-refractivity contribution in [3.8, 4) is 0 Å². The van der Waals surface area contributed by atoms with Gasteiger partial charge in [-0.05, 0) is 30.7 Å². The molecule has 2 unspecified atom stereocenters. The van der Waals surface area contributed by atoms with Gasteiger partial charge < -0.3 is 4.90 Å². The molecule has 5 heteroatoms. The third-order valence-corrected chi connectivity index (χ3v) is 4.57. The predicted molar refractivity (Wildman–Crippen MR) is 71.0 cm³/mol. The fraction of sp³-hybridized carbons (Fsp3) is 0.538. The third-order valence-electron chi connectivity index (χ3n) is 4.07. The van der Waals surface area contributed by atoms with E-state index in [-0.39, 0.29) is 5.91 Å². The SMILES string of the molecule is O=C(c1cc(Cl)ncc1Cl)N1CC2CCCC2C1. The molecular formula is C13H14Cl2N2O. The first-order valence-corrected chi connectivity index (χ1v) is 7.01. The van der Waals surface area contributed by atoms with Crippen molar-refractivity contribution in [1.82, 2.24) is 9.88 Å². The van der Waals surface area contributed by atoms with Crippen LogP contribution in [-0.2, 0) is 0 Å². The number of aromatic nitrogens is 1. The number of carbonyl (C=O) groups is 1. The number of halogens is 2. The summed E-state index contributed by atoms with van der Waals surface area (Å²) < 4.78 is 0. The zero-order chi connectivity index (χ0) is 12.7. The Morgan fingerprint density at radius 3 is 2.61 bits per heavy atom. The van der Waals surface area contributed by atoms with E-state index in [1.165, 1.54) is 25.5 Å². The van der Waals surface area contributed by atoms with E-state index in [9.17, 15) is 4.79 Å². The van der Waals surface area contributed by atoms with Crippen LogP contribution in [0.25, 0.3) is 0 Å². The number of pyridine rings is 1. The minimum absolute atomic E-state index is 0.0151. The molecule has 3 nitrogen and oxygen atoms in total. The molecule has 2 heterocycles. The number of fused-ring (bicyclic) bond motifs is 1. The summed E-state index contributed by atoms with van der Waals surface area (Å²) in [5.74, 6) is 1.36. The lowest BCUT2D eigenvalue weighted by atomic mass is 10.0. The van der Waals surface area contributed by atoms with E-state index >= 15 is 0 Å². The van der Waals surface area contributed by atoms with Crippen molar-refractivity contribution in [3.63, 3.8) is 0 Å². The highest BCUT2D eigenvalue weighted by Gasteiger charge is 2.38. The summed E-state index contributed by atoms with van der Waals surface area (Å²) in [6, 6.07) is 1.56. The van der Waals surface area contributed by atoms with Crippen LogP contribution in [0.15, 0.2) is 12.3 Å². The van der Waals surface area contributed by atoms with Gasteiger partial charge in [0, 0.05) is 19.3 Å². The summed E-state index contributed by atoms with van der Waals surface area (Å²) in [5, 5.41) is 0.684. The topological polar surface area (TPSA) is 33.2 Å². The molecule has 3 rings (SSSR count). The molecule has 1 aliphatic carbocycles. The molecule has 0 bridgehead atoms. The average molecular weight is 285 g/mol. The minimum Gasteiger partial charge on any atom is -0.338 e. The smallest absolute Gasteiger partial charge is 0.255 e. The number of amides is 1.